The van der Waals surface area contributed by atoms with Crippen molar-refractivity contribution in [2.24, 2.45) is 5.92 Å². The Kier molecular flexibility index (Phi) is 7.84. The van der Waals surface area contributed by atoms with Crippen molar-refractivity contribution in [1.29, 1.82) is 0 Å². The molecule has 3 N–H and O–H groups in total. The molecule has 0 saturated carbocycles. The number of nitrogens with one attached hydrogen (secondary N) is 2. The zero-order valence-electron chi connectivity index (χ0n) is 14.8. The van der Waals surface area contributed by atoms with Crippen LogP contribution in [0.25, 0.3) is 0 Å². The molecule has 7 nitrogen and oxygen atoms in total. The summed E-state index contributed by atoms with van der Waals surface area (Å²) in [5.41, 5.74) is 0.880. The molecule has 1 atom stereocenters. The summed E-state index contributed by atoms with van der Waals surface area (Å²) in [6.45, 7) is -0.461. The molecule has 0 heterocycles. The van der Waals surface area contributed by atoms with Gasteiger partial charge in [-0.3, -0.25) is 14.4 Å². The molecule has 0 aliphatic carbocycles. The van der Waals surface area contributed by atoms with Gasteiger partial charge in [-0.25, -0.2) is 0 Å². The van der Waals surface area contributed by atoms with Gasteiger partial charge in [0, 0.05) is 6.54 Å². The number of carboxylic acid groups (broad SMARTS) is 1. The molecule has 7 heteroatoms. The molecule has 27 heavy (non-hydrogen) atoms. The third-order valence-electron chi connectivity index (χ3n) is 3.78. The summed E-state index contributed by atoms with van der Waals surface area (Å²) in [5, 5.41) is 14.3. The lowest BCUT2D eigenvalue weighted by atomic mass is 9.99. The first kappa shape index (κ1) is 20.0. The molecular weight excluding hydrogens is 348 g/mol. The first-order chi connectivity index (χ1) is 13.0. The average molecular weight is 370 g/mol. The lowest BCUT2D eigenvalue weighted by Crippen LogP contribution is -2.41. The van der Waals surface area contributed by atoms with E-state index in [9.17, 15) is 19.5 Å². The number of hydrogen-bond acceptors (Lipinski definition) is 4. The molecular formula is C20H22N2O5. The van der Waals surface area contributed by atoms with Crippen LogP contribution in [0, 0.1) is 5.92 Å². The number of carboxylic acids is 1. The molecule has 2 rings (SSSR count). The Bertz CT molecular complexity index is 749. The fourth-order valence-corrected chi connectivity index (χ4v) is 2.34. The molecule has 2 aromatic carbocycles. The maximum absolute atomic E-state index is 11.8. The number of amides is 2. The normalized spacial score (nSPS) is 11.3. The highest BCUT2D eigenvalue weighted by Gasteiger charge is 2.19. The molecule has 142 valence electrons. The zero-order valence-corrected chi connectivity index (χ0v) is 14.8. The van der Waals surface area contributed by atoms with Crippen LogP contribution >= 0.6 is 0 Å². The summed E-state index contributed by atoms with van der Waals surface area (Å²) >= 11 is 0. The van der Waals surface area contributed by atoms with Crippen molar-refractivity contribution < 1.29 is 24.2 Å². The quantitative estimate of drug-likeness (QED) is 0.584. The Hall–Kier alpha value is -3.35. The number of rotatable bonds is 10. The molecule has 0 bridgehead atoms. The summed E-state index contributed by atoms with van der Waals surface area (Å²) < 4.78 is 5.27. The van der Waals surface area contributed by atoms with Crippen LogP contribution in [0.1, 0.15) is 5.56 Å². The standard InChI is InChI=1S/C20H22N2O5/c23-18(13-22-19(24)14-27-17-9-5-2-6-10-17)21-12-16(20(25)26)11-15-7-3-1-4-8-15/h1-10,16H,11-14H2,(H,21,23)(H,22,24)(H,25,26). The SMILES string of the molecule is O=C(CNC(=O)COc1ccccc1)NCC(Cc1ccccc1)C(=O)O. The molecule has 0 fully saturated rings. The first-order valence-electron chi connectivity index (χ1n) is 8.52. The third-order valence-corrected chi connectivity index (χ3v) is 3.78. The number of hydrogen-bond donors (Lipinski definition) is 3. The van der Waals surface area contributed by atoms with Crippen LogP contribution in [0.3, 0.4) is 0 Å². The Morgan fingerprint density at radius 1 is 0.889 bits per heavy atom. The van der Waals surface area contributed by atoms with Crippen molar-refractivity contribution in [3.63, 3.8) is 0 Å². The van der Waals surface area contributed by atoms with E-state index in [1.54, 1.807) is 24.3 Å². The van der Waals surface area contributed by atoms with Crippen LogP contribution in [0.4, 0.5) is 0 Å². The van der Waals surface area contributed by atoms with Gasteiger partial charge in [0.2, 0.25) is 5.91 Å². The highest BCUT2D eigenvalue weighted by atomic mass is 16.5. The predicted molar refractivity (Wildman–Crippen MR) is 99.2 cm³/mol. The van der Waals surface area contributed by atoms with Gasteiger partial charge in [0.15, 0.2) is 6.61 Å². The monoisotopic (exact) mass is 370 g/mol. The average Bonchev–Trinajstić information content (AvgIpc) is 2.69. The highest BCUT2D eigenvalue weighted by molar-refractivity contribution is 5.85. The van der Waals surface area contributed by atoms with E-state index in [0.29, 0.717) is 12.2 Å². The van der Waals surface area contributed by atoms with E-state index in [1.165, 1.54) is 0 Å². The zero-order chi connectivity index (χ0) is 19.5. The first-order valence-corrected chi connectivity index (χ1v) is 8.52. The van der Waals surface area contributed by atoms with Crippen LogP contribution in [0.2, 0.25) is 0 Å². The Morgan fingerprint density at radius 3 is 2.15 bits per heavy atom. The number of ether oxygens (including phenoxy) is 1. The predicted octanol–water partition coefficient (Wildman–Crippen LogP) is 1.24. The lowest BCUT2D eigenvalue weighted by molar-refractivity contribution is -0.141. The number of aliphatic carboxylic acids is 1. The lowest BCUT2D eigenvalue weighted by Gasteiger charge is -2.14. The van der Waals surface area contributed by atoms with Crippen molar-refractivity contribution in [3.05, 3.63) is 66.2 Å². The fourth-order valence-electron chi connectivity index (χ4n) is 2.34. The van der Waals surface area contributed by atoms with Crippen LogP contribution in [0.5, 0.6) is 5.75 Å². The fraction of sp³-hybridized carbons (Fsp3) is 0.250. The molecule has 0 aliphatic rings. The molecule has 1 unspecified atom stereocenters. The van der Waals surface area contributed by atoms with Gasteiger partial charge >= 0.3 is 5.97 Å². The van der Waals surface area contributed by atoms with Crippen LogP contribution in [-0.2, 0) is 20.8 Å². The summed E-state index contributed by atoms with van der Waals surface area (Å²) in [7, 11) is 0. The van der Waals surface area contributed by atoms with E-state index < -0.39 is 23.7 Å². The molecule has 0 aromatic heterocycles. The van der Waals surface area contributed by atoms with Gasteiger partial charge in [-0.05, 0) is 24.1 Å². The molecule has 0 radical (unpaired) electrons. The number of para-hydroxylation sites is 1. The Balaban J connectivity index is 1.69. The number of carbonyl (C=O) groups excluding carboxylic acids is 2. The Morgan fingerprint density at radius 2 is 1.52 bits per heavy atom. The maximum atomic E-state index is 11.8. The molecule has 0 saturated heterocycles. The molecule has 2 aromatic rings. The topological polar surface area (TPSA) is 105 Å². The summed E-state index contributed by atoms with van der Waals surface area (Å²) in [6.07, 6.45) is 0.313. The smallest absolute Gasteiger partial charge is 0.308 e. The van der Waals surface area contributed by atoms with Crippen molar-refractivity contribution in [1.82, 2.24) is 10.6 Å². The van der Waals surface area contributed by atoms with E-state index in [4.69, 9.17) is 4.74 Å². The third kappa shape index (κ3) is 7.60. The number of carbonyl (C=O) groups is 3. The van der Waals surface area contributed by atoms with Gasteiger partial charge in [-0.1, -0.05) is 48.5 Å². The number of benzene rings is 2. The summed E-state index contributed by atoms with van der Waals surface area (Å²) in [4.78, 5) is 34.9. The van der Waals surface area contributed by atoms with Gasteiger partial charge in [-0.15, -0.1) is 0 Å². The van der Waals surface area contributed by atoms with Crippen molar-refractivity contribution >= 4 is 17.8 Å². The molecule has 0 spiro atoms. The largest absolute Gasteiger partial charge is 0.484 e. The Labute approximate surface area is 157 Å². The van der Waals surface area contributed by atoms with E-state index in [2.05, 4.69) is 10.6 Å². The second-order valence-corrected chi connectivity index (χ2v) is 5.91. The van der Waals surface area contributed by atoms with Gasteiger partial charge in [0.25, 0.3) is 5.91 Å². The van der Waals surface area contributed by atoms with Crippen LogP contribution in [0.15, 0.2) is 60.7 Å². The molecule has 2 amide bonds. The van der Waals surface area contributed by atoms with Gasteiger partial charge in [0.05, 0.1) is 12.5 Å². The molecule has 0 aliphatic heterocycles. The van der Waals surface area contributed by atoms with Gasteiger partial charge in [-0.2, -0.15) is 0 Å². The van der Waals surface area contributed by atoms with Crippen LogP contribution < -0.4 is 15.4 Å². The highest BCUT2D eigenvalue weighted by Crippen LogP contribution is 2.09. The van der Waals surface area contributed by atoms with E-state index in [-0.39, 0.29) is 19.7 Å². The van der Waals surface area contributed by atoms with E-state index >= 15 is 0 Å². The maximum Gasteiger partial charge on any atom is 0.308 e. The van der Waals surface area contributed by atoms with Gasteiger partial charge in [0.1, 0.15) is 5.75 Å². The van der Waals surface area contributed by atoms with Crippen molar-refractivity contribution in [2.45, 2.75) is 6.42 Å². The summed E-state index contributed by atoms with van der Waals surface area (Å²) in [5.74, 6) is -2.06. The second-order valence-electron chi connectivity index (χ2n) is 5.91. The van der Waals surface area contributed by atoms with Crippen molar-refractivity contribution in [2.75, 3.05) is 19.7 Å². The minimum absolute atomic E-state index is 0.0144. The van der Waals surface area contributed by atoms with Gasteiger partial charge < -0.3 is 20.5 Å². The minimum atomic E-state index is -0.987. The minimum Gasteiger partial charge on any atom is -0.484 e. The van der Waals surface area contributed by atoms with E-state index in [1.807, 2.05) is 36.4 Å². The summed E-state index contributed by atoms with van der Waals surface area (Å²) in [6, 6.07) is 18.0. The van der Waals surface area contributed by atoms with Crippen molar-refractivity contribution in [3.8, 4) is 5.75 Å². The van der Waals surface area contributed by atoms with Crippen LogP contribution in [-0.4, -0.2) is 42.6 Å². The van der Waals surface area contributed by atoms with E-state index in [0.717, 1.165) is 5.56 Å². The second kappa shape index (κ2) is 10.6.